The predicted octanol–water partition coefficient (Wildman–Crippen LogP) is 2.88. The Hall–Kier alpha value is -0.860. The Morgan fingerprint density at radius 1 is 1.04 bits per heavy atom. The molecule has 23 heavy (non-hydrogen) atoms. The van der Waals surface area contributed by atoms with Crippen molar-refractivity contribution in [2.75, 3.05) is 39.5 Å². The van der Waals surface area contributed by atoms with Crippen LogP contribution in [0.1, 0.15) is 25.8 Å². The second kappa shape index (κ2) is 14.7. The summed E-state index contributed by atoms with van der Waals surface area (Å²) in [6.45, 7) is 9.17. The molecule has 0 aromatic heterocycles. The number of rotatable bonds is 11. The average molecular weight is 435 g/mol. The molecule has 0 aliphatic rings. The van der Waals surface area contributed by atoms with Gasteiger partial charge in [-0.2, -0.15) is 0 Å². The molecule has 1 rings (SSSR count). The van der Waals surface area contributed by atoms with E-state index < -0.39 is 0 Å². The number of ether oxygens (including phenoxy) is 2. The highest BCUT2D eigenvalue weighted by molar-refractivity contribution is 14.0. The van der Waals surface area contributed by atoms with Gasteiger partial charge in [-0.1, -0.05) is 30.3 Å². The maximum Gasteiger partial charge on any atom is 0.191 e. The van der Waals surface area contributed by atoms with E-state index in [-0.39, 0.29) is 24.0 Å². The third-order valence-corrected chi connectivity index (χ3v) is 3.29. The van der Waals surface area contributed by atoms with Crippen LogP contribution < -0.4 is 5.73 Å². The molecular weight excluding hydrogens is 405 g/mol. The first-order chi connectivity index (χ1) is 10.8. The fraction of sp³-hybridized carbons (Fsp3) is 0.588. The van der Waals surface area contributed by atoms with Gasteiger partial charge in [0.25, 0.3) is 0 Å². The number of nitrogens with zero attached hydrogens (tertiary/aromatic N) is 2. The minimum atomic E-state index is 0. The Kier molecular flexibility index (Phi) is 14.2. The number of guanidine groups is 1. The molecular formula is C17H30IN3O2. The molecule has 0 bridgehead atoms. The molecule has 0 spiro atoms. The largest absolute Gasteiger partial charge is 0.379 e. The molecule has 0 saturated carbocycles. The average Bonchev–Trinajstić information content (AvgIpc) is 2.55. The van der Waals surface area contributed by atoms with Crippen molar-refractivity contribution in [2.24, 2.45) is 10.7 Å². The molecule has 0 fully saturated rings. The highest BCUT2D eigenvalue weighted by Crippen LogP contribution is 2.00. The van der Waals surface area contributed by atoms with Gasteiger partial charge >= 0.3 is 0 Å². The number of nitrogens with two attached hydrogens (primary N) is 1. The number of hydrogen-bond acceptors (Lipinski definition) is 3. The number of aliphatic imine (C=N–C) groups is 1. The van der Waals surface area contributed by atoms with Crippen molar-refractivity contribution < 1.29 is 9.47 Å². The maximum absolute atomic E-state index is 5.89. The molecule has 5 nitrogen and oxygen atoms in total. The molecule has 132 valence electrons. The van der Waals surface area contributed by atoms with Crippen molar-refractivity contribution in [3.8, 4) is 0 Å². The third kappa shape index (κ3) is 10.5. The van der Waals surface area contributed by atoms with E-state index in [9.17, 15) is 0 Å². The molecule has 0 unspecified atom stereocenters. The maximum atomic E-state index is 5.89. The summed E-state index contributed by atoms with van der Waals surface area (Å²) in [6, 6.07) is 10.1. The zero-order chi connectivity index (χ0) is 16.0. The van der Waals surface area contributed by atoms with Crippen LogP contribution in [0.25, 0.3) is 0 Å². The SMILES string of the molecule is CCN(CC)C(N)=NCCCOCCOCc1ccccc1.I. The smallest absolute Gasteiger partial charge is 0.191 e. The number of hydrogen-bond donors (Lipinski definition) is 1. The van der Waals surface area contributed by atoms with E-state index in [0.29, 0.717) is 38.9 Å². The van der Waals surface area contributed by atoms with Gasteiger partial charge in [0.15, 0.2) is 5.96 Å². The van der Waals surface area contributed by atoms with Crippen LogP contribution in [-0.4, -0.2) is 50.3 Å². The van der Waals surface area contributed by atoms with Gasteiger partial charge in [0.1, 0.15) is 0 Å². The van der Waals surface area contributed by atoms with E-state index in [1.165, 1.54) is 5.56 Å². The van der Waals surface area contributed by atoms with Gasteiger partial charge in [0, 0.05) is 26.2 Å². The van der Waals surface area contributed by atoms with Crippen LogP contribution in [0.5, 0.6) is 0 Å². The lowest BCUT2D eigenvalue weighted by atomic mass is 10.2. The van der Waals surface area contributed by atoms with Gasteiger partial charge in [-0.3, -0.25) is 4.99 Å². The molecule has 0 saturated heterocycles. The van der Waals surface area contributed by atoms with Crippen LogP contribution in [-0.2, 0) is 16.1 Å². The van der Waals surface area contributed by atoms with Crippen LogP contribution in [0, 0.1) is 0 Å². The van der Waals surface area contributed by atoms with E-state index in [0.717, 1.165) is 19.5 Å². The van der Waals surface area contributed by atoms with E-state index in [2.05, 4.69) is 31.0 Å². The van der Waals surface area contributed by atoms with Gasteiger partial charge in [-0.15, -0.1) is 24.0 Å². The number of benzene rings is 1. The molecule has 0 radical (unpaired) electrons. The Morgan fingerprint density at radius 3 is 2.35 bits per heavy atom. The minimum absolute atomic E-state index is 0. The predicted molar refractivity (Wildman–Crippen MR) is 106 cm³/mol. The molecule has 0 heterocycles. The second-order valence-corrected chi connectivity index (χ2v) is 4.92. The summed E-state index contributed by atoms with van der Waals surface area (Å²) in [4.78, 5) is 6.39. The summed E-state index contributed by atoms with van der Waals surface area (Å²) in [5.74, 6) is 0.621. The molecule has 1 aromatic carbocycles. The standard InChI is InChI=1S/C17H29N3O2.HI/c1-3-20(4-2)17(18)19-11-8-12-21-13-14-22-15-16-9-6-5-7-10-16;/h5-7,9-10H,3-4,8,11-15H2,1-2H3,(H2,18,19);1H. The van der Waals surface area contributed by atoms with E-state index in [4.69, 9.17) is 15.2 Å². The van der Waals surface area contributed by atoms with Crippen molar-refractivity contribution in [1.82, 2.24) is 4.90 Å². The summed E-state index contributed by atoms with van der Waals surface area (Å²) in [5.41, 5.74) is 7.07. The van der Waals surface area contributed by atoms with Crippen LogP contribution >= 0.6 is 24.0 Å². The Balaban J connectivity index is 0.00000484. The monoisotopic (exact) mass is 435 g/mol. The molecule has 0 atom stereocenters. The summed E-state index contributed by atoms with van der Waals surface area (Å²) >= 11 is 0. The van der Waals surface area contributed by atoms with Crippen LogP contribution in [0.15, 0.2) is 35.3 Å². The first kappa shape index (κ1) is 22.1. The quantitative estimate of drug-likeness (QED) is 0.251. The summed E-state index contributed by atoms with van der Waals surface area (Å²) < 4.78 is 11.1. The number of halogens is 1. The highest BCUT2D eigenvalue weighted by Gasteiger charge is 2.00. The van der Waals surface area contributed by atoms with Crippen molar-refractivity contribution >= 4 is 29.9 Å². The summed E-state index contributed by atoms with van der Waals surface area (Å²) in [5, 5.41) is 0. The Bertz CT molecular complexity index is 412. The highest BCUT2D eigenvalue weighted by atomic mass is 127. The second-order valence-electron chi connectivity index (χ2n) is 4.92. The fourth-order valence-corrected chi connectivity index (χ4v) is 1.99. The molecule has 2 N–H and O–H groups in total. The Morgan fingerprint density at radius 2 is 1.70 bits per heavy atom. The zero-order valence-electron chi connectivity index (χ0n) is 14.2. The van der Waals surface area contributed by atoms with Gasteiger partial charge in [0.05, 0.1) is 19.8 Å². The zero-order valence-corrected chi connectivity index (χ0v) is 16.6. The lowest BCUT2D eigenvalue weighted by Gasteiger charge is -2.19. The Labute approximate surface area is 157 Å². The van der Waals surface area contributed by atoms with Crippen LogP contribution in [0.4, 0.5) is 0 Å². The minimum Gasteiger partial charge on any atom is -0.379 e. The van der Waals surface area contributed by atoms with Gasteiger partial charge in [0.2, 0.25) is 0 Å². The van der Waals surface area contributed by atoms with Crippen LogP contribution in [0.3, 0.4) is 0 Å². The van der Waals surface area contributed by atoms with E-state index in [1.54, 1.807) is 0 Å². The van der Waals surface area contributed by atoms with E-state index in [1.807, 2.05) is 23.1 Å². The third-order valence-electron chi connectivity index (χ3n) is 3.29. The normalized spacial score (nSPS) is 11.1. The molecule has 0 amide bonds. The first-order valence-corrected chi connectivity index (χ1v) is 8.02. The van der Waals surface area contributed by atoms with Gasteiger partial charge < -0.3 is 20.1 Å². The molecule has 0 aliphatic heterocycles. The fourth-order valence-electron chi connectivity index (χ4n) is 1.99. The topological polar surface area (TPSA) is 60.1 Å². The molecule has 1 aromatic rings. The van der Waals surface area contributed by atoms with Crippen LogP contribution in [0.2, 0.25) is 0 Å². The summed E-state index contributed by atoms with van der Waals surface area (Å²) in [6.07, 6.45) is 0.876. The first-order valence-electron chi connectivity index (χ1n) is 8.02. The van der Waals surface area contributed by atoms with Gasteiger partial charge in [-0.25, -0.2) is 0 Å². The van der Waals surface area contributed by atoms with Crippen molar-refractivity contribution in [2.45, 2.75) is 26.9 Å². The lowest BCUT2D eigenvalue weighted by molar-refractivity contribution is 0.0403. The van der Waals surface area contributed by atoms with Crippen molar-refractivity contribution in [3.63, 3.8) is 0 Å². The van der Waals surface area contributed by atoms with Crippen molar-refractivity contribution in [3.05, 3.63) is 35.9 Å². The van der Waals surface area contributed by atoms with E-state index >= 15 is 0 Å². The molecule has 0 aliphatic carbocycles. The molecule has 6 heteroatoms. The van der Waals surface area contributed by atoms with Crippen molar-refractivity contribution in [1.29, 1.82) is 0 Å². The van der Waals surface area contributed by atoms with Gasteiger partial charge in [-0.05, 0) is 25.8 Å². The lowest BCUT2D eigenvalue weighted by Crippen LogP contribution is -2.37. The summed E-state index contributed by atoms with van der Waals surface area (Å²) in [7, 11) is 0.